The molecule has 0 aliphatic heterocycles. The standard InChI is InChI=1S/C21H45NO3Si4/c1-22(26(2,3)4)17-21(25-29(11,12)13)18-14-15-19(23-27(5,6)7)20(16-18)24-28(8,9)10/h14-16,21H,17H2,1-13H3/t21-/m1/s1. The van der Waals surface area contributed by atoms with E-state index < -0.39 is 33.2 Å². The molecule has 0 fully saturated rings. The summed E-state index contributed by atoms with van der Waals surface area (Å²) < 4.78 is 22.0. The minimum atomic E-state index is -1.77. The molecule has 0 aliphatic rings. The Bertz CT molecular complexity index is 670. The van der Waals surface area contributed by atoms with E-state index >= 15 is 0 Å². The van der Waals surface area contributed by atoms with Crippen molar-refractivity contribution in [1.82, 2.24) is 4.57 Å². The molecule has 0 unspecified atom stereocenters. The van der Waals surface area contributed by atoms with Gasteiger partial charge in [-0.05, 0) is 83.7 Å². The van der Waals surface area contributed by atoms with Crippen LogP contribution < -0.4 is 8.85 Å². The predicted molar refractivity (Wildman–Crippen MR) is 138 cm³/mol. The average molecular weight is 472 g/mol. The van der Waals surface area contributed by atoms with Crippen molar-refractivity contribution in [2.45, 2.75) is 84.7 Å². The first-order valence-electron chi connectivity index (χ1n) is 10.7. The minimum absolute atomic E-state index is 0.0447. The van der Waals surface area contributed by atoms with E-state index in [1.807, 2.05) is 0 Å². The van der Waals surface area contributed by atoms with Gasteiger partial charge in [-0.2, -0.15) is 0 Å². The molecular weight excluding hydrogens is 427 g/mol. The van der Waals surface area contributed by atoms with E-state index in [0.29, 0.717) is 0 Å². The van der Waals surface area contributed by atoms with Crippen LogP contribution in [0.2, 0.25) is 78.6 Å². The summed E-state index contributed by atoms with van der Waals surface area (Å²) in [5, 5.41) is 0. The molecule has 0 heterocycles. The highest BCUT2D eigenvalue weighted by atomic mass is 28.4. The first kappa shape index (κ1) is 26.6. The zero-order valence-corrected chi connectivity index (χ0v) is 25.2. The van der Waals surface area contributed by atoms with Gasteiger partial charge in [0.15, 0.2) is 8.32 Å². The van der Waals surface area contributed by atoms with Crippen molar-refractivity contribution in [2.24, 2.45) is 0 Å². The lowest BCUT2D eigenvalue weighted by atomic mass is 10.1. The molecular formula is C21H45NO3Si4. The smallest absolute Gasteiger partial charge is 0.242 e. The third-order valence-electron chi connectivity index (χ3n) is 4.25. The number of hydrogen-bond donors (Lipinski definition) is 0. The van der Waals surface area contributed by atoms with Crippen LogP contribution in [-0.4, -0.2) is 51.3 Å². The Labute approximate surface area is 184 Å². The molecule has 8 heteroatoms. The van der Waals surface area contributed by atoms with Crippen LogP contribution >= 0.6 is 0 Å². The summed E-state index contributed by atoms with van der Waals surface area (Å²) in [5.41, 5.74) is 1.19. The molecule has 29 heavy (non-hydrogen) atoms. The van der Waals surface area contributed by atoms with Gasteiger partial charge in [0.2, 0.25) is 16.6 Å². The minimum Gasteiger partial charge on any atom is -0.542 e. The predicted octanol–water partition coefficient (Wildman–Crippen LogP) is 6.77. The van der Waals surface area contributed by atoms with Gasteiger partial charge in [0.05, 0.1) is 6.10 Å². The number of benzene rings is 1. The molecule has 0 bridgehead atoms. The van der Waals surface area contributed by atoms with Crippen LogP contribution in [0.5, 0.6) is 11.5 Å². The van der Waals surface area contributed by atoms with Gasteiger partial charge in [-0.15, -0.1) is 0 Å². The van der Waals surface area contributed by atoms with Crippen molar-refractivity contribution in [1.29, 1.82) is 0 Å². The van der Waals surface area contributed by atoms with Crippen molar-refractivity contribution >= 4 is 33.2 Å². The highest BCUT2D eigenvalue weighted by Crippen LogP contribution is 2.36. The van der Waals surface area contributed by atoms with Gasteiger partial charge in [0.1, 0.15) is 19.7 Å². The van der Waals surface area contributed by atoms with Gasteiger partial charge in [-0.25, -0.2) is 0 Å². The number of likely N-dealkylation sites (N-methyl/N-ethyl adjacent to an activating group) is 1. The Balaban J connectivity index is 3.38. The second kappa shape index (κ2) is 9.40. The van der Waals surface area contributed by atoms with Crippen molar-refractivity contribution < 1.29 is 13.3 Å². The molecule has 1 aromatic carbocycles. The molecule has 0 saturated heterocycles. The molecule has 1 rings (SSSR count). The largest absolute Gasteiger partial charge is 0.542 e. The topological polar surface area (TPSA) is 30.9 Å². The summed E-state index contributed by atoms with van der Waals surface area (Å²) in [6, 6.07) is 6.45. The van der Waals surface area contributed by atoms with Crippen molar-refractivity contribution in [2.75, 3.05) is 13.6 Å². The molecule has 168 valence electrons. The first-order chi connectivity index (χ1) is 12.8. The number of nitrogens with zero attached hydrogens (tertiary/aromatic N) is 1. The fraction of sp³-hybridized carbons (Fsp3) is 0.714. The van der Waals surface area contributed by atoms with Crippen LogP contribution in [0.3, 0.4) is 0 Å². The maximum absolute atomic E-state index is 6.66. The molecule has 0 aromatic heterocycles. The summed E-state index contributed by atoms with van der Waals surface area (Å²) in [6.07, 6.45) is 0.0447. The van der Waals surface area contributed by atoms with Gasteiger partial charge < -0.3 is 17.8 Å². The second-order valence-corrected chi connectivity index (χ2v) is 30.3. The SMILES string of the molecule is CN(C[C@@H](O[Si](C)(C)C)c1ccc(O[Si](C)(C)C)c(O[Si](C)(C)C)c1)[Si](C)(C)C. The highest BCUT2D eigenvalue weighted by Gasteiger charge is 2.30. The van der Waals surface area contributed by atoms with Gasteiger partial charge in [-0.1, -0.05) is 25.7 Å². The lowest BCUT2D eigenvalue weighted by Gasteiger charge is -2.36. The lowest BCUT2D eigenvalue weighted by molar-refractivity contribution is 0.170. The van der Waals surface area contributed by atoms with E-state index in [1.165, 1.54) is 5.56 Å². The highest BCUT2D eigenvalue weighted by molar-refractivity contribution is 6.73. The number of hydrogen-bond acceptors (Lipinski definition) is 4. The molecule has 0 N–H and O–H groups in total. The van der Waals surface area contributed by atoms with Crippen molar-refractivity contribution in [3.63, 3.8) is 0 Å². The van der Waals surface area contributed by atoms with Crippen molar-refractivity contribution in [3.8, 4) is 11.5 Å². The summed E-state index contributed by atoms with van der Waals surface area (Å²) >= 11 is 0. The molecule has 0 radical (unpaired) electrons. The molecule has 1 aromatic rings. The Morgan fingerprint density at radius 2 is 1.21 bits per heavy atom. The fourth-order valence-corrected chi connectivity index (χ4v) is 6.13. The lowest BCUT2D eigenvalue weighted by Crippen LogP contribution is -2.46. The quantitative estimate of drug-likeness (QED) is 0.352. The van der Waals surface area contributed by atoms with E-state index in [4.69, 9.17) is 13.3 Å². The van der Waals surface area contributed by atoms with Gasteiger partial charge in [0.25, 0.3) is 0 Å². The first-order valence-corrected chi connectivity index (χ1v) is 24.4. The summed E-state index contributed by atoms with van der Waals surface area (Å²) in [5.74, 6) is 1.75. The Kier molecular flexibility index (Phi) is 8.63. The number of rotatable bonds is 10. The van der Waals surface area contributed by atoms with Crippen LogP contribution in [-0.2, 0) is 4.43 Å². The Morgan fingerprint density at radius 3 is 1.62 bits per heavy atom. The molecule has 0 amide bonds. The fourth-order valence-electron chi connectivity index (χ4n) is 2.71. The summed E-state index contributed by atoms with van der Waals surface area (Å²) in [4.78, 5) is 0. The maximum atomic E-state index is 6.66. The van der Waals surface area contributed by atoms with Gasteiger partial charge in [-0.3, -0.25) is 0 Å². The van der Waals surface area contributed by atoms with E-state index in [1.54, 1.807) is 0 Å². The van der Waals surface area contributed by atoms with Crippen LogP contribution in [0.25, 0.3) is 0 Å². The monoisotopic (exact) mass is 471 g/mol. The zero-order valence-electron chi connectivity index (χ0n) is 21.2. The molecule has 1 atom stereocenters. The van der Waals surface area contributed by atoms with E-state index in [0.717, 1.165) is 18.0 Å². The second-order valence-electron chi connectivity index (χ2n) is 11.9. The summed E-state index contributed by atoms with van der Waals surface area (Å²) in [6.45, 7) is 28.1. The average Bonchev–Trinajstić information content (AvgIpc) is 2.43. The van der Waals surface area contributed by atoms with Gasteiger partial charge in [0, 0.05) is 6.54 Å². The molecule has 0 spiro atoms. The molecule has 4 nitrogen and oxygen atoms in total. The molecule has 0 saturated carbocycles. The van der Waals surface area contributed by atoms with Gasteiger partial charge >= 0.3 is 0 Å². The van der Waals surface area contributed by atoms with E-state index in [2.05, 4.69) is 108 Å². The zero-order chi connectivity index (χ0) is 22.8. The maximum Gasteiger partial charge on any atom is 0.242 e. The summed E-state index contributed by atoms with van der Waals surface area (Å²) in [7, 11) is -4.38. The Morgan fingerprint density at radius 1 is 0.724 bits per heavy atom. The third kappa shape index (κ3) is 10.5. The van der Waals surface area contributed by atoms with Crippen LogP contribution in [0.4, 0.5) is 0 Å². The van der Waals surface area contributed by atoms with Crippen LogP contribution in [0, 0.1) is 0 Å². The third-order valence-corrected chi connectivity index (χ3v) is 9.38. The van der Waals surface area contributed by atoms with Crippen LogP contribution in [0.15, 0.2) is 18.2 Å². The van der Waals surface area contributed by atoms with Crippen LogP contribution in [0.1, 0.15) is 11.7 Å². The molecule has 0 aliphatic carbocycles. The normalized spacial score (nSPS) is 14.8. The van der Waals surface area contributed by atoms with Crippen molar-refractivity contribution in [3.05, 3.63) is 23.8 Å². The van der Waals surface area contributed by atoms with E-state index in [9.17, 15) is 0 Å². The van der Waals surface area contributed by atoms with E-state index in [-0.39, 0.29) is 6.10 Å². The Hall–Kier alpha value is -0.392.